The molecule has 82 valence electrons. The van der Waals surface area contributed by atoms with Gasteiger partial charge in [-0.25, -0.2) is 4.79 Å². The maximum atomic E-state index is 11.3. The van der Waals surface area contributed by atoms with Crippen LogP contribution in [0.25, 0.3) is 0 Å². The highest BCUT2D eigenvalue weighted by molar-refractivity contribution is 5.90. The average Bonchev–Trinajstić information content (AvgIpc) is 2.16. The van der Waals surface area contributed by atoms with Crippen LogP contribution in [0.2, 0.25) is 0 Å². The fraction of sp³-hybridized carbons (Fsp3) is 0.500. The quantitative estimate of drug-likeness (QED) is 0.397. The van der Waals surface area contributed by atoms with E-state index in [9.17, 15) is 14.9 Å². The zero-order chi connectivity index (χ0) is 11.6. The first-order valence-corrected chi connectivity index (χ1v) is 4.57. The number of methoxy groups -OCH3 is 1. The third-order valence-electron chi connectivity index (χ3n) is 2.53. The van der Waals surface area contributed by atoms with E-state index >= 15 is 0 Å². The predicted octanol–water partition coefficient (Wildman–Crippen LogP) is 1.82. The summed E-state index contributed by atoms with van der Waals surface area (Å²) < 4.78 is 4.58. The van der Waals surface area contributed by atoms with Crippen LogP contribution in [0.4, 0.5) is 0 Å². The number of esters is 1. The monoisotopic (exact) mass is 211 g/mol. The van der Waals surface area contributed by atoms with Gasteiger partial charge in [0.05, 0.1) is 18.5 Å². The highest BCUT2D eigenvalue weighted by Crippen LogP contribution is 2.30. The lowest BCUT2D eigenvalue weighted by Crippen LogP contribution is -2.16. The van der Waals surface area contributed by atoms with E-state index in [-0.39, 0.29) is 12.1 Å². The molecule has 15 heavy (non-hydrogen) atoms. The molecular weight excluding hydrogens is 198 g/mol. The van der Waals surface area contributed by atoms with Crippen molar-refractivity contribution in [3.8, 4) is 0 Å². The molecule has 0 aromatic heterocycles. The number of carbonyl (C=O) groups excluding carboxylic acids is 1. The third-order valence-corrected chi connectivity index (χ3v) is 2.53. The van der Waals surface area contributed by atoms with E-state index in [2.05, 4.69) is 4.74 Å². The van der Waals surface area contributed by atoms with Gasteiger partial charge in [0.1, 0.15) is 0 Å². The molecule has 0 aromatic rings. The zero-order valence-corrected chi connectivity index (χ0v) is 8.99. The molecule has 1 aliphatic carbocycles. The van der Waals surface area contributed by atoms with Crippen molar-refractivity contribution in [3.63, 3.8) is 0 Å². The van der Waals surface area contributed by atoms with Crippen molar-refractivity contribution in [1.82, 2.24) is 0 Å². The molecule has 0 fully saturated rings. The molecule has 0 bridgehead atoms. The summed E-state index contributed by atoms with van der Waals surface area (Å²) in [6.45, 7) is 3.52. The fourth-order valence-electron chi connectivity index (χ4n) is 1.67. The molecule has 0 amide bonds. The number of hydrogen-bond donors (Lipinski definition) is 0. The van der Waals surface area contributed by atoms with Gasteiger partial charge < -0.3 is 4.74 Å². The average molecular weight is 211 g/mol. The van der Waals surface area contributed by atoms with E-state index in [1.54, 1.807) is 13.8 Å². The Morgan fingerprint density at radius 2 is 1.93 bits per heavy atom. The lowest BCUT2D eigenvalue weighted by molar-refractivity contribution is -0.428. The van der Waals surface area contributed by atoms with Crippen LogP contribution >= 0.6 is 0 Å². The number of nitrogens with zero attached hydrogens (tertiary/aromatic N) is 1. The third kappa shape index (κ3) is 2.23. The maximum Gasteiger partial charge on any atom is 0.334 e. The summed E-state index contributed by atoms with van der Waals surface area (Å²) in [6.07, 6.45) is 0.540. The maximum absolute atomic E-state index is 11.3. The van der Waals surface area contributed by atoms with Gasteiger partial charge in [0.25, 0.3) is 0 Å². The Kier molecular flexibility index (Phi) is 3.24. The van der Waals surface area contributed by atoms with Gasteiger partial charge >= 0.3 is 5.97 Å². The van der Waals surface area contributed by atoms with Crippen LogP contribution in [-0.2, 0) is 9.53 Å². The number of carbonyl (C=O) groups is 1. The molecule has 0 N–H and O–H groups in total. The van der Waals surface area contributed by atoms with Gasteiger partial charge in [0.2, 0.25) is 5.70 Å². The lowest BCUT2D eigenvalue weighted by atomic mass is 9.91. The number of nitro groups is 1. The Balaban J connectivity index is 3.00. The van der Waals surface area contributed by atoms with Crippen molar-refractivity contribution in [2.75, 3.05) is 7.11 Å². The second-order valence-electron chi connectivity index (χ2n) is 3.59. The van der Waals surface area contributed by atoms with E-state index in [0.717, 1.165) is 5.57 Å². The molecule has 5 nitrogen and oxygen atoms in total. The summed E-state index contributed by atoms with van der Waals surface area (Å²) in [5.41, 5.74) is 2.09. The normalized spacial score (nSPS) is 16.7. The molecular formula is C10H13NO4. The Morgan fingerprint density at radius 1 is 1.33 bits per heavy atom. The summed E-state index contributed by atoms with van der Waals surface area (Å²) in [5.74, 6) is -0.473. The van der Waals surface area contributed by atoms with E-state index < -0.39 is 10.9 Å². The Hall–Kier alpha value is -1.65. The van der Waals surface area contributed by atoms with Gasteiger partial charge in [-0.3, -0.25) is 10.1 Å². The van der Waals surface area contributed by atoms with Crippen molar-refractivity contribution < 1.29 is 14.5 Å². The number of hydrogen-bond acceptors (Lipinski definition) is 4. The molecule has 1 aliphatic rings. The van der Waals surface area contributed by atoms with E-state index in [1.807, 2.05) is 0 Å². The molecule has 0 radical (unpaired) electrons. The minimum absolute atomic E-state index is 0.0668. The first-order chi connectivity index (χ1) is 6.97. The minimum Gasteiger partial charge on any atom is -0.466 e. The molecule has 0 unspecified atom stereocenters. The molecule has 0 spiro atoms. The van der Waals surface area contributed by atoms with Crippen molar-refractivity contribution in [1.29, 1.82) is 0 Å². The van der Waals surface area contributed by atoms with Gasteiger partial charge in [0.15, 0.2) is 0 Å². The molecule has 0 heterocycles. The SMILES string of the molecule is COC(=O)C1=C(C)CC(C)=C([N+](=O)[O-])C1. The molecule has 0 aromatic carbocycles. The van der Waals surface area contributed by atoms with Crippen LogP contribution in [0.3, 0.4) is 0 Å². The molecule has 0 saturated heterocycles. The second kappa shape index (κ2) is 4.25. The molecule has 5 heteroatoms. The summed E-state index contributed by atoms with van der Waals surface area (Å²) in [5, 5.41) is 10.7. The smallest absolute Gasteiger partial charge is 0.334 e. The highest BCUT2D eigenvalue weighted by atomic mass is 16.6. The molecule has 0 aliphatic heterocycles. The standard InChI is InChI=1S/C10H13NO4/c1-6-4-7(2)9(11(13)14)5-8(6)10(12)15-3/h4-5H2,1-3H3. The molecule has 0 atom stereocenters. The van der Waals surface area contributed by atoms with Gasteiger partial charge in [-0.15, -0.1) is 0 Å². The van der Waals surface area contributed by atoms with Crippen LogP contribution in [-0.4, -0.2) is 18.0 Å². The summed E-state index contributed by atoms with van der Waals surface area (Å²) in [6, 6.07) is 0. The van der Waals surface area contributed by atoms with Crippen LogP contribution < -0.4 is 0 Å². The van der Waals surface area contributed by atoms with Crippen molar-refractivity contribution in [3.05, 3.63) is 32.5 Å². The van der Waals surface area contributed by atoms with Crippen LogP contribution in [0, 0.1) is 10.1 Å². The van der Waals surface area contributed by atoms with Crippen molar-refractivity contribution >= 4 is 5.97 Å². The molecule has 1 rings (SSSR count). The van der Waals surface area contributed by atoms with E-state index in [4.69, 9.17) is 0 Å². The zero-order valence-electron chi connectivity index (χ0n) is 8.99. The summed E-state index contributed by atoms with van der Waals surface area (Å²) in [7, 11) is 1.28. The minimum atomic E-state index is -0.473. The van der Waals surface area contributed by atoms with Crippen molar-refractivity contribution in [2.45, 2.75) is 26.7 Å². The van der Waals surface area contributed by atoms with Gasteiger partial charge in [-0.05, 0) is 20.3 Å². The number of rotatable bonds is 2. The Labute approximate surface area is 87.6 Å². The largest absolute Gasteiger partial charge is 0.466 e. The van der Waals surface area contributed by atoms with E-state index in [0.29, 0.717) is 17.6 Å². The first kappa shape index (κ1) is 11.4. The number of allylic oxidation sites excluding steroid dienone is 3. The van der Waals surface area contributed by atoms with Crippen LogP contribution in [0.15, 0.2) is 22.4 Å². The fourth-order valence-corrected chi connectivity index (χ4v) is 1.67. The van der Waals surface area contributed by atoms with Crippen molar-refractivity contribution in [2.24, 2.45) is 0 Å². The van der Waals surface area contributed by atoms with Gasteiger partial charge in [0, 0.05) is 11.1 Å². The topological polar surface area (TPSA) is 69.4 Å². The summed E-state index contributed by atoms with van der Waals surface area (Å²) in [4.78, 5) is 21.6. The highest BCUT2D eigenvalue weighted by Gasteiger charge is 2.27. The van der Waals surface area contributed by atoms with Gasteiger partial charge in [-0.1, -0.05) is 5.57 Å². The van der Waals surface area contributed by atoms with Crippen LogP contribution in [0.5, 0.6) is 0 Å². The second-order valence-corrected chi connectivity index (χ2v) is 3.59. The van der Waals surface area contributed by atoms with Crippen LogP contribution in [0.1, 0.15) is 26.7 Å². The summed E-state index contributed by atoms with van der Waals surface area (Å²) >= 11 is 0. The number of ether oxygens (including phenoxy) is 1. The molecule has 0 saturated carbocycles. The Bertz CT molecular complexity index is 379. The Morgan fingerprint density at radius 3 is 2.40 bits per heavy atom. The lowest BCUT2D eigenvalue weighted by Gasteiger charge is -2.15. The first-order valence-electron chi connectivity index (χ1n) is 4.57. The van der Waals surface area contributed by atoms with E-state index in [1.165, 1.54) is 7.11 Å². The van der Waals surface area contributed by atoms with Gasteiger partial charge in [-0.2, -0.15) is 0 Å². The predicted molar refractivity (Wildman–Crippen MR) is 53.6 cm³/mol.